The van der Waals surface area contributed by atoms with E-state index in [4.69, 9.17) is 0 Å². The first-order valence-corrected chi connectivity index (χ1v) is 8.96. The highest BCUT2D eigenvalue weighted by molar-refractivity contribution is 5.80. The highest BCUT2D eigenvalue weighted by Crippen LogP contribution is 2.35. The standard InChI is InChI=1S/C19H24N4O2/c1-12(2)13-3-6-15(7-4-13)19(25)10-23(11-19)18(24)14-5-8-16-17(9-14)21-22-20-16/h3-4,6-7,12,14,25H,5,8-11H2,1-2H3,(H,20,21,22). The Labute approximate surface area is 147 Å². The molecule has 1 saturated heterocycles. The molecule has 1 aliphatic heterocycles. The Morgan fingerprint density at radius 3 is 2.60 bits per heavy atom. The summed E-state index contributed by atoms with van der Waals surface area (Å²) in [6.07, 6.45) is 2.23. The molecule has 0 radical (unpaired) electrons. The molecule has 1 amide bonds. The van der Waals surface area contributed by atoms with Gasteiger partial charge in [0.1, 0.15) is 5.60 Å². The average Bonchev–Trinajstić information content (AvgIpc) is 3.06. The van der Waals surface area contributed by atoms with Crippen LogP contribution < -0.4 is 0 Å². The lowest BCUT2D eigenvalue weighted by Gasteiger charge is -2.48. The van der Waals surface area contributed by atoms with Gasteiger partial charge in [-0.3, -0.25) is 4.79 Å². The lowest BCUT2D eigenvalue weighted by Crippen LogP contribution is -2.62. The lowest BCUT2D eigenvalue weighted by molar-refractivity contribution is -0.161. The number of hydrogen-bond acceptors (Lipinski definition) is 4. The highest BCUT2D eigenvalue weighted by atomic mass is 16.3. The summed E-state index contributed by atoms with van der Waals surface area (Å²) in [7, 11) is 0. The Morgan fingerprint density at radius 2 is 1.92 bits per heavy atom. The molecule has 6 nitrogen and oxygen atoms in total. The van der Waals surface area contributed by atoms with Crippen LogP contribution in [0.3, 0.4) is 0 Å². The minimum absolute atomic E-state index is 0.0505. The van der Waals surface area contributed by atoms with Crippen molar-refractivity contribution in [1.29, 1.82) is 0 Å². The maximum absolute atomic E-state index is 12.7. The van der Waals surface area contributed by atoms with E-state index in [9.17, 15) is 9.90 Å². The van der Waals surface area contributed by atoms with E-state index in [1.54, 1.807) is 4.90 Å². The lowest BCUT2D eigenvalue weighted by atomic mass is 9.82. The first-order chi connectivity index (χ1) is 12.0. The first-order valence-electron chi connectivity index (χ1n) is 8.96. The van der Waals surface area contributed by atoms with E-state index in [1.165, 1.54) is 5.56 Å². The van der Waals surface area contributed by atoms with Crippen molar-refractivity contribution in [1.82, 2.24) is 20.3 Å². The third-order valence-corrected chi connectivity index (χ3v) is 5.55. The van der Waals surface area contributed by atoms with E-state index < -0.39 is 5.60 Å². The number of aromatic nitrogens is 3. The molecule has 2 aliphatic rings. The van der Waals surface area contributed by atoms with Crippen LogP contribution in [-0.4, -0.2) is 44.4 Å². The summed E-state index contributed by atoms with van der Waals surface area (Å²) in [5, 5.41) is 21.7. The van der Waals surface area contributed by atoms with E-state index in [2.05, 4.69) is 41.4 Å². The van der Waals surface area contributed by atoms with Crippen molar-refractivity contribution in [3.05, 3.63) is 46.8 Å². The largest absolute Gasteiger partial charge is 0.381 e. The molecule has 0 bridgehead atoms. The fraction of sp³-hybridized carbons (Fsp3) is 0.526. The van der Waals surface area contributed by atoms with Gasteiger partial charge in [0.15, 0.2) is 0 Å². The minimum atomic E-state index is -0.918. The monoisotopic (exact) mass is 340 g/mol. The number of hydrogen-bond donors (Lipinski definition) is 2. The minimum Gasteiger partial charge on any atom is -0.381 e. The molecule has 2 aromatic rings. The van der Waals surface area contributed by atoms with Gasteiger partial charge in [0.2, 0.25) is 5.91 Å². The molecule has 2 N–H and O–H groups in total. The number of aryl methyl sites for hydroxylation is 1. The molecule has 1 aromatic heterocycles. The van der Waals surface area contributed by atoms with Crippen LogP contribution in [0.1, 0.15) is 48.7 Å². The van der Waals surface area contributed by atoms with Gasteiger partial charge in [-0.25, -0.2) is 0 Å². The number of carbonyl (C=O) groups is 1. The van der Waals surface area contributed by atoms with Crippen LogP contribution in [-0.2, 0) is 23.2 Å². The van der Waals surface area contributed by atoms with Crippen molar-refractivity contribution in [2.75, 3.05) is 13.1 Å². The summed E-state index contributed by atoms with van der Waals surface area (Å²) in [5.74, 6) is 0.540. The predicted octanol–water partition coefficient (Wildman–Crippen LogP) is 1.76. The molecule has 1 atom stereocenters. The van der Waals surface area contributed by atoms with E-state index >= 15 is 0 Å². The molecule has 1 aliphatic carbocycles. The molecule has 6 heteroatoms. The number of H-pyrrole nitrogens is 1. The first kappa shape index (κ1) is 16.3. The van der Waals surface area contributed by atoms with Crippen molar-refractivity contribution in [3.8, 4) is 0 Å². The Balaban J connectivity index is 1.40. The predicted molar refractivity (Wildman–Crippen MR) is 92.9 cm³/mol. The molecular weight excluding hydrogens is 316 g/mol. The van der Waals surface area contributed by atoms with Gasteiger partial charge >= 0.3 is 0 Å². The third-order valence-electron chi connectivity index (χ3n) is 5.55. The molecule has 0 spiro atoms. The summed E-state index contributed by atoms with van der Waals surface area (Å²) in [4.78, 5) is 14.5. The number of aliphatic hydroxyl groups is 1. The summed E-state index contributed by atoms with van der Waals surface area (Å²) >= 11 is 0. The molecule has 4 rings (SSSR count). The fourth-order valence-corrected chi connectivity index (χ4v) is 3.86. The van der Waals surface area contributed by atoms with Crippen LogP contribution >= 0.6 is 0 Å². The van der Waals surface area contributed by atoms with Gasteiger partial charge in [0, 0.05) is 12.3 Å². The van der Waals surface area contributed by atoms with Crippen molar-refractivity contribution in [3.63, 3.8) is 0 Å². The molecule has 1 aromatic carbocycles. The topological polar surface area (TPSA) is 82.1 Å². The molecular formula is C19H24N4O2. The van der Waals surface area contributed by atoms with Gasteiger partial charge in [-0.05, 0) is 29.9 Å². The summed E-state index contributed by atoms with van der Waals surface area (Å²) in [6.45, 7) is 5.04. The summed E-state index contributed by atoms with van der Waals surface area (Å²) in [5.41, 5.74) is 3.12. The Morgan fingerprint density at radius 1 is 1.24 bits per heavy atom. The number of aromatic amines is 1. The zero-order valence-corrected chi connectivity index (χ0v) is 14.7. The van der Waals surface area contributed by atoms with Gasteiger partial charge in [0.05, 0.1) is 24.5 Å². The molecule has 1 fully saturated rings. The molecule has 2 heterocycles. The number of fused-ring (bicyclic) bond motifs is 1. The molecule has 132 valence electrons. The van der Waals surface area contributed by atoms with Gasteiger partial charge < -0.3 is 10.0 Å². The van der Waals surface area contributed by atoms with Gasteiger partial charge in [-0.1, -0.05) is 38.1 Å². The number of benzene rings is 1. The van der Waals surface area contributed by atoms with Crippen molar-refractivity contribution in [2.24, 2.45) is 5.92 Å². The van der Waals surface area contributed by atoms with E-state index in [1.807, 2.05) is 12.1 Å². The molecule has 25 heavy (non-hydrogen) atoms. The average molecular weight is 340 g/mol. The highest BCUT2D eigenvalue weighted by Gasteiger charge is 2.46. The van der Waals surface area contributed by atoms with Crippen LogP contribution in [0, 0.1) is 5.92 Å². The van der Waals surface area contributed by atoms with Crippen LogP contribution in [0.4, 0.5) is 0 Å². The fourth-order valence-electron chi connectivity index (χ4n) is 3.86. The van der Waals surface area contributed by atoms with E-state index in [0.717, 1.165) is 29.8 Å². The SMILES string of the molecule is CC(C)c1ccc(C2(O)CN(C(=O)C3CCc4n[nH]nc4C3)C2)cc1. The van der Waals surface area contributed by atoms with Crippen LogP contribution in [0.5, 0.6) is 0 Å². The summed E-state index contributed by atoms with van der Waals surface area (Å²) in [6, 6.07) is 8.10. The second-order valence-corrected chi connectivity index (χ2v) is 7.66. The normalized spacial score (nSPS) is 21.8. The van der Waals surface area contributed by atoms with Gasteiger partial charge in [0.25, 0.3) is 0 Å². The van der Waals surface area contributed by atoms with Gasteiger partial charge in [-0.15, -0.1) is 0 Å². The maximum Gasteiger partial charge on any atom is 0.226 e. The number of β-amino-alcohol motifs (C(OH)–C–C–N with tert-alkyl or cyclic N) is 1. The quantitative estimate of drug-likeness (QED) is 0.892. The second kappa shape index (κ2) is 5.95. The Bertz CT molecular complexity index is 775. The smallest absolute Gasteiger partial charge is 0.226 e. The third kappa shape index (κ3) is 2.84. The second-order valence-electron chi connectivity index (χ2n) is 7.66. The van der Waals surface area contributed by atoms with Crippen molar-refractivity contribution < 1.29 is 9.90 Å². The maximum atomic E-state index is 12.7. The number of nitrogens with one attached hydrogen (secondary N) is 1. The van der Waals surface area contributed by atoms with Crippen LogP contribution in [0.2, 0.25) is 0 Å². The molecule has 1 unspecified atom stereocenters. The Kier molecular flexibility index (Phi) is 3.87. The van der Waals surface area contributed by atoms with Crippen LogP contribution in [0.15, 0.2) is 24.3 Å². The summed E-state index contributed by atoms with van der Waals surface area (Å²) < 4.78 is 0. The number of amides is 1. The van der Waals surface area contributed by atoms with Crippen molar-refractivity contribution in [2.45, 2.75) is 44.6 Å². The zero-order chi connectivity index (χ0) is 17.6. The number of likely N-dealkylation sites (tertiary alicyclic amines) is 1. The van der Waals surface area contributed by atoms with Gasteiger partial charge in [-0.2, -0.15) is 15.4 Å². The molecule has 0 saturated carbocycles. The van der Waals surface area contributed by atoms with Crippen LogP contribution in [0.25, 0.3) is 0 Å². The number of carbonyl (C=O) groups excluding carboxylic acids is 1. The van der Waals surface area contributed by atoms with E-state index in [0.29, 0.717) is 25.4 Å². The number of rotatable bonds is 3. The van der Waals surface area contributed by atoms with E-state index in [-0.39, 0.29) is 11.8 Å². The zero-order valence-electron chi connectivity index (χ0n) is 14.7. The number of nitrogens with zero attached hydrogens (tertiary/aromatic N) is 3. The Hall–Kier alpha value is -2.21. The van der Waals surface area contributed by atoms with Crippen molar-refractivity contribution >= 4 is 5.91 Å².